The third kappa shape index (κ3) is 6.57. The van der Waals surface area contributed by atoms with Crippen molar-refractivity contribution in [2.45, 2.75) is 13.2 Å². The van der Waals surface area contributed by atoms with Crippen LogP contribution in [0.1, 0.15) is 16.7 Å². The van der Waals surface area contributed by atoms with Crippen molar-refractivity contribution >= 4 is 41.2 Å². The summed E-state index contributed by atoms with van der Waals surface area (Å²) in [5, 5.41) is 2.82. The van der Waals surface area contributed by atoms with Crippen LogP contribution in [0.25, 0.3) is 6.08 Å². The van der Waals surface area contributed by atoms with Crippen molar-refractivity contribution in [3.05, 3.63) is 124 Å². The van der Waals surface area contributed by atoms with Crippen LogP contribution in [0.4, 0.5) is 10.5 Å². The van der Waals surface area contributed by atoms with E-state index in [2.05, 4.69) is 5.32 Å². The van der Waals surface area contributed by atoms with Gasteiger partial charge in [0.2, 0.25) is 0 Å². The molecule has 1 saturated heterocycles. The highest BCUT2D eigenvalue weighted by Gasteiger charge is 2.37. The van der Waals surface area contributed by atoms with E-state index in [0.717, 1.165) is 16.0 Å². The Balaban J connectivity index is 1.38. The lowest BCUT2D eigenvalue weighted by molar-refractivity contribution is -0.122. The van der Waals surface area contributed by atoms with E-state index in [0.29, 0.717) is 34.4 Å². The molecule has 0 aromatic heterocycles. The van der Waals surface area contributed by atoms with Gasteiger partial charge < -0.3 is 14.2 Å². The lowest BCUT2D eigenvalue weighted by Crippen LogP contribution is -2.54. The number of nitrogens with zero attached hydrogens (tertiary/aromatic N) is 1. The lowest BCUT2D eigenvalue weighted by atomic mass is 10.1. The van der Waals surface area contributed by atoms with Crippen LogP contribution >= 0.6 is 11.6 Å². The quantitative estimate of drug-likeness (QED) is 0.192. The summed E-state index contributed by atoms with van der Waals surface area (Å²) in [7, 11) is 1.52. The van der Waals surface area contributed by atoms with Gasteiger partial charge in [0, 0.05) is 16.7 Å². The number of hydrogen-bond acceptors (Lipinski definition) is 6. The molecule has 206 valence electrons. The van der Waals surface area contributed by atoms with E-state index >= 15 is 0 Å². The Hall–Kier alpha value is -5.08. The first kappa shape index (κ1) is 27.5. The molecule has 0 unspecified atom stereocenters. The number of benzene rings is 4. The number of methoxy groups -OCH3 is 1. The lowest BCUT2D eigenvalue weighted by Gasteiger charge is -2.26. The highest BCUT2D eigenvalue weighted by molar-refractivity contribution is 6.39. The van der Waals surface area contributed by atoms with E-state index in [1.54, 1.807) is 54.6 Å². The number of hydrogen-bond donors (Lipinski definition) is 1. The highest BCUT2D eigenvalue weighted by Crippen LogP contribution is 2.30. The molecular weight excluding hydrogens is 544 g/mol. The summed E-state index contributed by atoms with van der Waals surface area (Å²) in [5.74, 6) is -0.113. The Kier molecular flexibility index (Phi) is 8.31. The number of amides is 4. The summed E-state index contributed by atoms with van der Waals surface area (Å²) in [6.07, 6.45) is 1.39. The molecular formula is C32H25ClN2O6. The van der Waals surface area contributed by atoms with Gasteiger partial charge in [-0.1, -0.05) is 54.1 Å². The smallest absolute Gasteiger partial charge is 0.335 e. The standard InChI is InChI=1S/C32H25ClN2O6/c1-39-27-13-10-23(29(18-27)41-20-22-8-5-9-24(33)16-22)17-28-30(36)34-32(38)35(31(28)37)25-11-14-26(15-12-25)40-19-21-6-3-2-4-7-21/h2-18H,19-20H2,1H3,(H,34,36,38)/b28-17+. The van der Waals surface area contributed by atoms with Crippen LogP contribution in [-0.2, 0) is 22.8 Å². The van der Waals surface area contributed by atoms with Crippen molar-refractivity contribution in [2.24, 2.45) is 0 Å². The van der Waals surface area contributed by atoms with Crippen LogP contribution in [0.5, 0.6) is 17.2 Å². The molecule has 4 amide bonds. The van der Waals surface area contributed by atoms with Gasteiger partial charge in [0.15, 0.2) is 0 Å². The molecule has 1 N–H and O–H groups in total. The SMILES string of the molecule is COc1ccc(/C=C2\C(=O)NC(=O)N(c3ccc(OCc4ccccc4)cc3)C2=O)c(OCc2cccc(Cl)c2)c1. The third-order valence-corrected chi connectivity index (χ3v) is 6.48. The van der Waals surface area contributed by atoms with Gasteiger partial charge in [-0.05, 0) is 65.7 Å². The second kappa shape index (κ2) is 12.4. The second-order valence-corrected chi connectivity index (χ2v) is 9.48. The van der Waals surface area contributed by atoms with Gasteiger partial charge in [0.25, 0.3) is 11.8 Å². The molecule has 0 saturated carbocycles. The minimum absolute atomic E-state index is 0.188. The number of carbonyl (C=O) groups is 3. The monoisotopic (exact) mass is 568 g/mol. The van der Waals surface area contributed by atoms with E-state index in [-0.39, 0.29) is 17.9 Å². The predicted molar refractivity (Wildman–Crippen MR) is 155 cm³/mol. The van der Waals surface area contributed by atoms with Crippen molar-refractivity contribution < 1.29 is 28.6 Å². The number of rotatable bonds is 9. The summed E-state index contributed by atoms with van der Waals surface area (Å²) in [5.41, 5.74) is 2.34. The molecule has 9 heteroatoms. The van der Waals surface area contributed by atoms with E-state index in [9.17, 15) is 14.4 Å². The summed E-state index contributed by atoms with van der Waals surface area (Å²) in [6.45, 7) is 0.557. The molecule has 5 rings (SSSR count). The molecule has 0 spiro atoms. The van der Waals surface area contributed by atoms with Gasteiger partial charge in [-0.25, -0.2) is 9.69 Å². The second-order valence-electron chi connectivity index (χ2n) is 9.05. The van der Waals surface area contributed by atoms with E-state index in [1.807, 2.05) is 42.5 Å². The average Bonchev–Trinajstić information content (AvgIpc) is 2.98. The van der Waals surface area contributed by atoms with Crippen LogP contribution < -0.4 is 24.4 Å². The minimum Gasteiger partial charge on any atom is -0.497 e. The van der Waals surface area contributed by atoms with Gasteiger partial charge in [0.1, 0.15) is 36.0 Å². The zero-order valence-electron chi connectivity index (χ0n) is 22.0. The van der Waals surface area contributed by atoms with Crippen LogP contribution in [0.3, 0.4) is 0 Å². The Labute approximate surface area is 241 Å². The third-order valence-electron chi connectivity index (χ3n) is 6.25. The molecule has 1 aliphatic rings. The topological polar surface area (TPSA) is 94.2 Å². The fourth-order valence-corrected chi connectivity index (χ4v) is 4.37. The van der Waals surface area contributed by atoms with Crippen molar-refractivity contribution in [2.75, 3.05) is 12.0 Å². The minimum atomic E-state index is -0.845. The van der Waals surface area contributed by atoms with Gasteiger partial charge >= 0.3 is 6.03 Å². The zero-order chi connectivity index (χ0) is 28.8. The first-order chi connectivity index (χ1) is 19.9. The molecule has 41 heavy (non-hydrogen) atoms. The number of halogens is 1. The van der Waals surface area contributed by atoms with Crippen LogP contribution in [0.15, 0.2) is 103 Å². The molecule has 1 heterocycles. The zero-order valence-corrected chi connectivity index (χ0v) is 22.8. The van der Waals surface area contributed by atoms with Crippen LogP contribution in [0, 0.1) is 0 Å². The maximum absolute atomic E-state index is 13.5. The van der Waals surface area contributed by atoms with Crippen molar-refractivity contribution in [1.29, 1.82) is 0 Å². The molecule has 0 bridgehead atoms. The number of nitrogens with one attached hydrogen (secondary N) is 1. The number of barbiturate groups is 1. The Bertz CT molecular complexity index is 1620. The number of urea groups is 1. The number of imide groups is 2. The average molecular weight is 569 g/mol. The molecule has 0 atom stereocenters. The Morgan fingerprint density at radius 2 is 1.49 bits per heavy atom. The fourth-order valence-electron chi connectivity index (χ4n) is 4.15. The first-order valence-electron chi connectivity index (χ1n) is 12.6. The molecule has 4 aromatic carbocycles. The largest absolute Gasteiger partial charge is 0.497 e. The molecule has 8 nitrogen and oxygen atoms in total. The predicted octanol–water partition coefficient (Wildman–Crippen LogP) is 6.17. The molecule has 1 fully saturated rings. The van der Waals surface area contributed by atoms with Gasteiger partial charge in [0.05, 0.1) is 12.8 Å². The van der Waals surface area contributed by atoms with Gasteiger partial charge in [-0.3, -0.25) is 14.9 Å². The Morgan fingerprint density at radius 1 is 0.780 bits per heavy atom. The normalized spacial score (nSPS) is 14.1. The van der Waals surface area contributed by atoms with Gasteiger partial charge in [-0.15, -0.1) is 0 Å². The summed E-state index contributed by atoms with van der Waals surface area (Å²) < 4.78 is 17.1. The van der Waals surface area contributed by atoms with Gasteiger partial charge in [-0.2, -0.15) is 0 Å². The number of carbonyl (C=O) groups excluding carboxylic acids is 3. The summed E-state index contributed by atoms with van der Waals surface area (Å²) in [4.78, 5) is 39.9. The van der Waals surface area contributed by atoms with Crippen LogP contribution in [-0.4, -0.2) is 25.0 Å². The highest BCUT2D eigenvalue weighted by atomic mass is 35.5. The molecule has 1 aliphatic heterocycles. The van der Waals surface area contributed by atoms with E-state index < -0.39 is 17.8 Å². The summed E-state index contributed by atoms with van der Waals surface area (Å²) in [6, 6.07) is 27.5. The van der Waals surface area contributed by atoms with Crippen molar-refractivity contribution in [3.8, 4) is 17.2 Å². The van der Waals surface area contributed by atoms with E-state index in [1.165, 1.54) is 13.2 Å². The summed E-state index contributed by atoms with van der Waals surface area (Å²) >= 11 is 6.09. The molecule has 0 radical (unpaired) electrons. The van der Waals surface area contributed by atoms with E-state index in [4.69, 9.17) is 25.8 Å². The molecule has 4 aromatic rings. The maximum Gasteiger partial charge on any atom is 0.335 e. The fraction of sp³-hybridized carbons (Fsp3) is 0.0938. The maximum atomic E-state index is 13.5. The number of ether oxygens (including phenoxy) is 3. The van der Waals surface area contributed by atoms with Crippen LogP contribution in [0.2, 0.25) is 5.02 Å². The van der Waals surface area contributed by atoms with Crippen molar-refractivity contribution in [1.82, 2.24) is 5.32 Å². The first-order valence-corrected chi connectivity index (χ1v) is 13.0. The van der Waals surface area contributed by atoms with Crippen molar-refractivity contribution in [3.63, 3.8) is 0 Å². The Morgan fingerprint density at radius 3 is 2.22 bits per heavy atom. The number of anilines is 1. The molecule has 0 aliphatic carbocycles.